The summed E-state index contributed by atoms with van der Waals surface area (Å²) in [7, 11) is 0. The van der Waals surface area contributed by atoms with E-state index in [1.165, 1.54) is 0 Å². The van der Waals surface area contributed by atoms with Gasteiger partial charge in [-0.3, -0.25) is 0 Å². The van der Waals surface area contributed by atoms with Crippen molar-refractivity contribution in [3.8, 4) is 56.6 Å². The van der Waals surface area contributed by atoms with Gasteiger partial charge >= 0.3 is 0 Å². The van der Waals surface area contributed by atoms with E-state index in [4.69, 9.17) is 14.4 Å². The highest BCUT2D eigenvalue weighted by Gasteiger charge is 2.16. The predicted octanol–water partition coefficient (Wildman–Crippen LogP) is 11.8. The SMILES string of the molecule is c1ccc(-c2nnc(-c3ccc(N(c4ccccc4)c4ccc(-c5ccc(-c6nc7ccccc7nc6-c6ccccc6)cc5)cc4)cc3)o2)cc1. The van der Waals surface area contributed by atoms with Crippen molar-refractivity contribution in [1.29, 1.82) is 0 Å². The van der Waals surface area contributed by atoms with Gasteiger partial charge in [-0.2, -0.15) is 0 Å². The van der Waals surface area contributed by atoms with Gasteiger partial charge < -0.3 is 9.32 Å². The van der Waals surface area contributed by atoms with Crippen molar-refractivity contribution in [1.82, 2.24) is 20.2 Å². The van der Waals surface area contributed by atoms with Crippen LogP contribution in [0.1, 0.15) is 0 Å². The predicted molar refractivity (Wildman–Crippen MR) is 209 cm³/mol. The molecule has 0 aliphatic carbocycles. The number of rotatable bonds is 8. The van der Waals surface area contributed by atoms with Crippen LogP contribution in [-0.4, -0.2) is 20.2 Å². The molecule has 0 spiro atoms. The molecule has 0 unspecified atom stereocenters. The summed E-state index contributed by atoms with van der Waals surface area (Å²) in [6, 6.07) is 63.9. The zero-order valence-electron chi connectivity index (χ0n) is 28.0. The largest absolute Gasteiger partial charge is 0.416 e. The van der Waals surface area contributed by atoms with Gasteiger partial charge in [0, 0.05) is 39.3 Å². The van der Waals surface area contributed by atoms with Gasteiger partial charge in [0.1, 0.15) is 0 Å². The summed E-state index contributed by atoms with van der Waals surface area (Å²) in [4.78, 5) is 12.3. The van der Waals surface area contributed by atoms with Gasteiger partial charge in [0.15, 0.2) is 0 Å². The fourth-order valence-electron chi connectivity index (χ4n) is 6.44. The molecule has 0 fully saturated rings. The molecule has 2 aromatic heterocycles. The van der Waals surface area contributed by atoms with Crippen molar-refractivity contribution in [2.75, 3.05) is 4.90 Å². The number of nitrogens with zero attached hydrogens (tertiary/aromatic N) is 5. The van der Waals surface area contributed by atoms with E-state index >= 15 is 0 Å². The molecule has 0 atom stereocenters. The van der Waals surface area contributed by atoms with Gasteiger partial charge in [-0.25, -0.2) is 9.97 Å². The Kier molecular flexibility index (Phi) is 8.08. The quantitative estimate of drug-likeness (QED) is 0.160. The van der Waals surface area contributed by atoms with E-state index in [9.17, 15) is 0 Å². The second kappa shape index (κ2) is 13.6. The highest BCUT2D eigenvalue weighted by molar-refractivity contribution is 5.87. The van der Waals surface area contributed by atoms with Gasteiger partial charge in [-0.05, 0) is 83.9 Å². The van der Waals surface area contributed by atoms with E-state index in [0.29, 0.717) is 11.8 Å². The third-order valence-corrected chi connectivity index (χ3v) is 9.07. The first kappa shape index (κ1) is 30.8. The molecule has 0 aliphatic heterocycles. The standard InChI is InChI=1S/C46H31N5O/c1-4-12-34(13-5-1)43-44(48-42-19-11-10-18-41(42)47-43)35-22-20-32(21-23-35)33-24-28-39(29-25-33)51(38-16-8-3-9-17-38)40-30-26-37(27-31-40)46-50-49-45(52-46)36-14-6-2-7-15-36/h1-31H. The Bertz CT molecular complexity index is 2590. The lowest BCUT2D eigenvalue weighted by molar-refractivity contribution is 0.584. The van der Waals surface area contributed by atoms with Crippen molar-refractivity contribution >= 4 is 28.1 Å². The second-order valence-corrected chi connectivity index (χ2v) is 12.4. The molecule has 9 rings (SSSR count). The average Bonchev–Trinajstić information content (AvgIpc) is 3.73. The highest BCUT2D eigenvalue weighted by atomic mass is 16.4. The molecule has 0 N–H and O–H groups in total. The summed E-state index contributed by atoms with van der Waals surface area (Å²) in [6.45, 7) is 0. The van der Waals surface area contributed by atoms with Crippen LogP contribution in [0.25, 0.3) is 67.6 Å². The van der Waals surface area contributed by atoms with Gasteiger partial charge in [-0.15, -0.1) is 10.2 Å². The number of anilines is 3. The molecule has 9 aromatic rings. The average molecular weight is 670 g/mol. The Labute approximate surface area is 301 Å². The molecule has 246 valence electrons. The minimum Gasteiger partial charge on any atom is -0.416 e. The van der Waals surface area contributed by atoms with Crippen LogP contribution in [-0.2, 0) is 0 Å². The van der Waals surface area contributed by atoms with Gasteiger partial charge in [0.25, 0.3) is 0 Å². The minimum atomic E-state index is 0.482. The van der Waals surface area contributed by atoms with E-state index in [1.54, 1.807) is 0 Å². The number of hydrogen-bond donors (Lipinski definition) is 0. The van der Waals surface area contributed by atoms with Crippen molar-refractivity contribution in [3.63, 3.8) is 0 Å². The maximum absolute atomic E-state index is 6.01. The van der Waals surface area contributed by atoms with Crippen LogP contribution in [0.4, 0.5) is 17.1 Å². The van der Waals surface area contributed by atoms with Crippen molar-refractivity contribution in [2.24, 2.45) is 0 Å². The van der Waals surface area contributed by atoms with Gasteiger partial charge in [0.2, 0.25) is 11.8 Å². The lowest BCUT2D eigenvalue weighted by Crippen LogP contribution is -2.09. The monoisotopic (exact) mass is 669 g/mol. The molecule has 0 bridgehead atoms. The molecule has 0 radical (unpaired) electrons. The van der Waals surface area contributed by atoms with Crippen LogP contribution in [0.15, 0.2) is 192 Å². The van der Waals surface area contributed by atoms with Crippen LogP contribution >= 0.6 is 0 Å². The number of aromatic nitrogens is 4. The Morgan fingerprint density at radius 1 is 0.308 bits per heavy atom. The molecule has 0 amide bonds. The van der Waals surface area contributed by atoms with Crippen LogP contribution in [0.5, 0.6) is 0 Å². The summed E-state index contributed by atoms with van der Waals surface area (Å²) in [6.07, 6.45) is 0. The molecule has 6 nitrogen and oxygen atoms in total. The van der Waals surface area contributed by atoms with Crippen molar-refractivity contribution in [3.05, 3.63) is 188 Å². The highest BCUT2D eigenvalue weighted by Crippen LogP contribution is 2.37. The minimum absolute atomic E-state index is 0.482. The van der Waals surface area contributed by atoms with Crippen LogP contribution in [0.2, 0.25) is 0 Å². The summed E-state index contributed by atoms with van der Waals surface area (Å²) in [5.74, 6) is 0.982. The zero-order chi connectivity index (χ0) is 34.7. The van der Waals surface area contributed by atoms with E-state index in [-0.39, 0.29) is 0 Å². The smallest absolute Gasteiger partial charge is 0.248 e. The molecule has 6 heteroatoms. The molecular weight excluding hydrogens is 639 g/mol. The first-order valence-electron chi connectivity index (χ1n) is 17.1. The molecule has 0 aliphatic rings. The molecule has 2 heterocycles. The maximum atomic E-state index is 6.01. The number of hydrogen-bond acceptors (Lipinski definition) is 6. The van der Waals surface area contributed by atoms with Crippen LogP contribution in [0.3, 0.4) is 0 Å². The third kappa shape index (κ3) is 6.10. The Hall–Kier alpha value is -7.18. The Morgan fingerprint density at radius 3 is 1.17 bits per heavy atom. The van der Waals surface area contributed by atoms with Crippen LogP contribution in [0, 0.1) is 0 Å². The Balaban J connectivity index is 1.01. The van der Waals surface area contributed by atoms with Crippen molar-refractivity contribution in [2.45, 2.75) is 0 Å². The fourth-order valence-corrected chi connectivity index (χ4v) is 6.44. The lowest BCUT2D eigenvalue weighted by Gasteiger charge is -2.25. The normalized spacial score (nSPS) is 11.1. The summed E-state index contributed by atoms with van der Waals surface area (Å²) in [5, 5.41) is 8.57. The molecule has 52 heavy (non-hydrogen) atoms. The zero-order valence-corrected chi connectivity index (χ0v) is 28.0. The van der Waals surface area contributed by atoms with Crippen molar-refractivity contribution < 1.29 is 4.42 Å². The fraction of sp³-hybridized carbons (Fsp3) is 0. The third-order valence-electron chi connectivity index (χ3n) is 9.07. The van der Waals surface area contributed by atoms with Gasteiger partial charge in [-0.1, -0.05) is 115 Å². The van der Waals surface area contributed by atoms with Crippen LogP contribution < -0.4 is 4.90 Å². The first-order chi connectivity index (χ1) is 25.8. The van der Waals surface area contributed by atoms with E-state index in [2.05, 4.69) is 112 Å². The number of fused-ring (bicyclic) bond motifs is 1. The van der Waals surface area contributed by atoms with E-state index in [1.807, 2.05) is 91.0 Å². The maximum Gasteiger partial charge on any atom is 0.248 e. The van der Waals surface area contributed by atoms with E-state index < -0.39 is 0 Å². The lowest BCUT2D eigenvalue weighted by atomic mass is 9.99. The first-order valence-corrected chi connectivity index (χ1v) is 17.1. The van der Waals surface area contributed by atoms with Gasteiger partial charge in [0.05, 0.1) is 22.4 Å². The summed E-state index contributed by atoms with van der Waals surface area (Å²) >= 11 is 0. The topological polar surface area (TPSA) is 67.9 Å². The summed E-state index contributed by atoms with van der Waals surface area (Å²) in [5.41, 5.74) is 12.7. The number of benzene rings is 7. The molecule has 7 aromatic carbocycles. The summed E-state index contributed by atoms with van der Waals surface area (Å²) < 4.78 is 6.01. The number of para-hydroxylation sites is 3. The second-order valence-electron chi connectivity index (χ2n) is 12.4. The van der Waals surface area contributed by atoms with E-state index in [0.717, 1.165) is 72.9 Å². The Morgan fingerprint density at radius 2 is 0.654 bits per heavy atom. The molecular formula is C46H31N5O. The molecule has 0 saturated carbocycles. The molecule has 0 saturated heterocycles.